The van der Waals surface area contributed by atoms with E-state index >= 15 is 0 Å². The molecule has 0 saturated carbocycles. The van der Waals surface area contributed by atoms with Gasteiger partial charge in [-0.15, -0.1) is 11.8 Å². The Morgan fingerprint density at radius 2 is 1.95 bits per heavy atom. The first kappa shape index (κ1) is 13.4. The van der Waals surface area contributed by atoms with E-state index in [4.69, 9.17) is 0 Å². The predicted molar refractivity (Wildman–Crippen MR) is 80.3 cm³/mol. The van der Waals surface area contributed by atoms with E-state index in [2.05, 4.69) is 27.3 Å². The largest absolute Gasteiger partial charge is 0.302 e. The summed E-state index contributed by atoms with van der Waals surface area (Å²) in [6, 6.07) is 4.26. The molecule has 2 fully saturated rings. The topological polar surface area (TPSA) is 28.2 Å². The van der Waals surface area contributed by atoms with Crippen molar-refractivity contribution in [3.05, 3.63) is 24.5 Å². The fraction of sp³-hybridized carbons (Fsp3) is 0.667. The Morgan fingerprint density at radius 1 is 1.16 bits per heavy atom. The van der Waals surface area contributed by atoms with Crippen molar-refractivity contribution in [1.29, 1.82) is 0 Å². The Labute approximate surface area is 120 Å². The molecule has 0 amide bonds. The summed E-state index contributed by atoms with van der Waals surface area (Å²) in [5.41, 5.74) is 0. The second kappa shape index (κ2) is 6.73. The van der Waals surface area contributed by atoms with Crippen LogP contribution in [0.15, 0.2) is 29.4 Å². The van der Waals surface area contributed by atoms with E-state index in [1.807, 2.05) is 24.2 Å². The first-order chi connectivity index (χ1) is 9.42. The van der Waals surface area contributed by atoms with E-state index in [0.717, 1.165) is 11.8 Å². The molecule has 2 aliphatic heterocycles. The van der Waals surface area contributed by atoms with Crippen LogP contribution in [0, 0.1) is 0 Å². The summed E-state index contributed by atoms with van der Waals surface area (Å²) >= 11 is 2.03. The van der Waals surface area contributed by atoms with Crippen molar-refractivity contribution in [2.45, 2.75) is 48.4 Å². The third-order valence-electron chi connectivity index (χ3n) is 4.12. The summed E-state index contributed by atoms with van der Waals surface area (Å²) in [5, 5.41) is 4.45. The molecule has 3 nitrogen and oxygen atoms in total. The lowest BCUT2D eigenvalue weighted by atomic mass is 10.1. The molecular weight excluding hydrogens is 254 g/mol. The normalized spacial score (nSPS) is 29.3. The molecule has 104 valence electrons. The first-order valence-electron chi connectivity index (χ1n) is 7.46. The number of likely N-dealkylation sites (tertiary alicyclic amines) is 1. The van der Waals surface area contributed by atoms with Gasteiger partial charge in [-0.25, -0.2) is 0 Å². The minimum Gasteiger partial charge on any atom is -0.302 e. The van der Waals surface area contributed by atoms with Crippen LogP contribution in [0.4, 0.5) is 0 Å². The highest BCUT2D eigenvalue weighted by Crippen LogP contribution is 2.31. The molecule has 0 radical (unpaired) electrons. The van der Waals surface area contributed by atoms with Crippen molar-refractivity contribution in [3.63, 3.8) is 0 Å². The van der Waals surface area contributed by atoms with Crippen LogP contribution in [0.25, 0.3) is 0 Å². The smallest absolute Gasteiger partial charge is 0.0607 e. The minimum atomic E-state index is 0.605. The molecule has 0 spiro atoms. The standard InChI is InChI=1S/C15H23N3S/c1-2-10-18(11-3-1)15-12-14(6-9-17-15)19-13-4-7-16-8-5-13/h4-5,7-8,14-15,17H,1-3,6,9-12H2/t14?,15-/m1/s1. The molecule has 1 N–H and O–H groups in total. The van der Waals surface area contributed by atoms with Crippen molar-refractivity contribution in [1.82, 2.24) is 15.2 Å². The van der Waals surface area contributed by atoms with Gasteiger partial charge in [0.2, 0.25) is 0 Å². The van der Waals surface area contributed by atoms with Gasteiger partial charge >= 0.3 is 0 Å². The molecule has 0 bridgehead atoms. The fourth-order valence-corrected chi connectivity index (χ4v) is 4.26. The Bertz CT molecular complexity index is 378. The maximum Gasteiger partial charge on any atom is 0.0607 e. The van der Waals surface area contributed by atoms with Crippen LogP contribution in [0.5, 0.6) is 0 Å². The molecule has 1 aromatic heterocycles. The lowest BCUT2D eigenvalue weighted by Gasteiger charge is -2.39. The number of pyridine rings is 1. The molecular formula is C15H23N3S. The van der Waals surface area contributed by atoms with Crippen LogP contribution < -0.4 is 5.32 Å². The summed E-state index contributed by atoms with van der Waals surface area (Å²) < 4.78 is 0. The second-order valence-corrected chi connectivity index (χ2v) is 6.89. The summed E-state index contributed by atoms with van der Waals surface area (Å²) in [6.45, 7) is 3.72. The number of thioether (sulfide) groups is 1. The molecule has 1 unspecified atom stereocenters. The van der Waals surface area contributed by atoms with E-state index in [-0.39, 0.29) is 0 Å². The quantitative estimate of drug-likeness (QED) is 0.919. The Hall–Kier alpha value is -0.580. The average molecular weight is 277 g/mol. The SMILES string of the molecule is c1cc(SC2CCN[C@H](N3CCCCC3)C2)ccn1. The monoisotopic (exact) mass is 277 g/mol. The summed E-state index contributed by atoms with van der Waals surface area (Å²) in [5.74, 6) is 0. The van der Waals surface area contributed by atoms with Gasteiger partial charge in [0.1, 0.15) is 0 Å². The maximum atomic E-state index is 4.09. The van der Waals surface area contributed by atoms with Crippen LogP contribution in [0.2, 0.25) is 0 Å². The van der Waals surface area contributed by atoms with Crippen molar-refractivity contribution in [2.24, 2.45) is 0 Å². The highest BCUT2D eigenvalue weighted by molar-refractivity contribution is 8.00. The van der Waals surface area contributed by atoms with Crippen molar-refractivity contribution < 1.29 is 0 Å². The lowest BCUT2D eigenvalue weighted by molar-refractivity contribution is 0.116. The zero-order chi connectivity index (χ0) is 12.9. The molecule has 19 heavy (non-hydrogen) atoms. The summed E-state index contributed by atoms with van der Waals surface area (Å²) in [7, 11) is 0. The van der Waals surface area contributed by atoms with Crippen LogP contribution >= 0.6 is 11.8 Å². The number of hydrogen-bond donors (Lipinski definition) is 1. The molecule has 3 rings (SSSR count). The third kappa shape index (κ3) is 3.71. The van der Waals surface area contributed by atoms with Crippen molar-refractivity contribution in [2.75, 3.05) is 19.6 Å². The molecule has 4 heteroatoms. The van der Waals surface area contributed by atoms with E-state index in [0.29, 0.717) is 6.17 Å². The molecule has 0 aliphatic carbocycles. The van der Waals surface area contributed by atoms with Crippen molar-refractivity contribution >= 4 is 11.8 Å². The van der Waals surface area contributed by atoms with Gasteiger partial charge < -0.3 is 5.32 Å². The summed E-state index contributed by atoms with van der Waals surface area (Å²) in [4.78, 5) is 8.11. The van der Waals surface area contributed by atoms with Crippen LogP contribution in [0.1, 0.15) is 32.1 Å². The van der Waals surface area contributed by atoms with Gasteiger partial charge in [0.05, 0.1) is 6.17 Å². The summed E-state index contributed by atoms with van der Waals surface area (Å²) in [6.07, 6.45) is 11.1. The van der Waals surface area contributed by atoms with E-state index in [1.54, 1.807) is 0 Å². The van der Waals surface area contributed by atoms with Gasteiger partial charge in [-0.3, -0.25) is 9.88 Å². The number of hydrogen-bond acceptors (Lipinski definition) is 4. The molecule has 0 aromatic carbocycles. The molecule has 1 aromatic rings. The van der Waals surface area contributed by atoms with Crippen molar-refractivity contribution in [3.8, 4) is 0 Å². The molecule has 2 saturated heterocycles. The second-order valence-electron chi connectivity index (χ2n) is 5.51. The van der Waals surface area contributed by atoms with Gasteiger partial charge in [0.25, 0.3) is 0 Å². The maximum absolute atomic E-state index is 4.09. The van der Waals surface area contributed by atoms with Gasteiger partial charge in [-0.1, -0.05) is 6.42 Å². The number of aromatic nitrogens is 1. The van der Waals surface area contributed by atoms with E-state index in [1.165, 1.54) is 50.1 Å². The highest BCUT2D eigenvalue weighted by Gasteiger charge is 2.27. The van der Waals surface area contributed by atoms with Crippen LogP contribution in [0.3, 0.4) is 0 Å². The number of piperidine rings is 2. The molecule has 3 heterocycles. The zero-order valence-corrected chi connectivity index (χ0v) is 12.2. The average Bonchev–Trinajstić information content (AvgIpc) is 2.49. The Morgan fingerprint density at radius 3 is 2.74 bits per heavy atom. The van der Waals surface area contributed by atoms with Crippen LogP contribution in [-0.4, -0.2) is 40.9 Å². The first-order valence-corrected chi connectivity index (χ1v) is 8.34. The number of rotatable bonds is 3. The minimum absolute atomic E-state index is 0.605. The van der Waals surface area contributed by atoms with Gasteiger partial charge in [0, 0.05) is 22.5 Å². The van der Waals surface area contributed by atoms with Gasteiger partial charge in [-0.2, -0.15) is 0 Å². The highest BCUT2D eigenvalue weighted by atomic mass is 32.2. The number of nitrogens with one attached hydrogen (secondary N) is 1. The lowest BCUT2D eigenvalue weighted by Crippen LogP contribution is -2.52. The van der Waals surface area contributed by atoms with Gasteiger partial charge in [-0.05, 0) is 57.5 Å². The zero-order valence-electron chi connectivity index (χ0n) is 11.4. The van der Waals surface area contributed by atoms with Crippen LogP contribution in [-0.2, 0) is 0 Å². The predicted octanol–water partition coefficient (Wildman–Crippen LogP) is 2.74. The molecule has 2 aliphatic rings. The van der Waals surface area contributed by atoms with Gasteiger partial charge in [0.15, 0.2) is 0 Å². The Balaban J connectivity index is 1.55. The third-order valence-corrected chi connectivity index (χ3v) is 5.42. The number of nitrogens with zero attached hydrogens (tertiary/aromatic N) is 2. The Kier molecular flexibility index (Phi) is 4.75. The fourth-order valence-electron chi connectivity index (χ4n) is 3.09. The van der Waals surface area contributed by atoms with E-state index in [9.17, 15) is 0 Å². The molecule has 2 atom stereocenters. The van der Waals surface area contributed by atoms with E-state index < -0.39 is 0 Å².